The topological polar surface area (TPSA) is 131 Å². The van der Waals surface area contributed by atoms with Crippen LogP contribution in [-0.2, 0) is 11.5 Å². The normalized spacial score (nSPS) is 12.8. The summed E-state index contributed by atoms with van der Waals surface area (Å²) < 4.78 is 6.88. The number of anilines is 2. The summed E-state index contributed by atoms with van der Waals surface area (Å²) in [5.74, 6) is 0.672. The van der Waals surface area contributed by atoms with Crippen LogP contribution in [0, 0.1) is 0 Å². The Balaban J connectivity index is 2.18. The minimum atomic E-state index is -0.901. The quantitative estimate of drug-likeness (QED) is 0.512. The van der Waals surface area contributed by atoms with Crippen LogP contribution in [0.1, 0.15) is 0 Å². The third-order valence-corrected chi connectivity index (χ3v) is 2.47. The van der Waals surface area contributed by atoms with Crippen LogP contribution in [-0.4, -0.2) is 56.1 Å². The van der Waals surface area contributed by atoms with Crippen molar-refractivity contribution in [2.45, 2.75) is 12.8 Å². The first-order valence-electron chi connectivity index (χ1n) is 5.68. The minimum absolute atomic E-state index is 0.0234. The Kier molecular flexibility index (Phi) is 4.10. The van der Waals surface area contributed by atoms with Gasteiger partial charge in [-0.1, -0.05) is 0 Å². The highest BCUT2D eigenvalue weighted by Gasteiger charge is 2.11. The molecule has 0 radical (unpaired) electrons. The molecule has 9 nitrogen and oxygen atoms in total. The van der Waals surface area contributed by atoms with Crippen LogP contribution in [0.25, 0.3) is 11.2 Å². The SMILES string of the molecule is CNc1nc(N)nc2c1ncn2COCC(O)CO. The standard InChI is InChI=1S/C10H16N6O3/c1-12-8-7-9(15-10(11)14-8)16(4-13-7)5-19-3-6(18)2-17/h4,6,17-18H,2-3,5H2,1H3,(H3,11,12,14,15). The van der Waals surface area contributed by atoms with Crippen LogP contribution in [0.5, 0.6) is 0 Å². The number of nitrogens with zero attached hydrogens (tertiary/aromatic N) is 4. The van der Waals surface area contributed by atoms with E-state index in [0.29, 0.717) is 17.0 Å². The van der Waals surface area contributed by atoms with E-state index in [9.17, 15) is 5.11 Å². The second-order valence-electron chi connectivity index (χ2n) is 3.90. The molecule has 2 rings (SSSR count). The first-order valence-corrected chi connectivity index (χ1v) is 5.68. The number of rotatable bonds is 6. The van der Waals surface area contributed by atoms with Crippen molar-refractivity contribution < 1.29 is 14.9 Å². The van der Waals surface area contributed by atoms with Crippen LogP contribution in [0.15, 0.2) is 6.33 Å². The summed E-state index contributed by atoms with van der Waals surface area (Å²) in [6.45, 7) is -0.174. The summed E-state index contributed by atoms with van der Waals surface area (Å²) in [7, 11) is 1.72. The van der Waals surface area contributed by atoms with Gasteiger partial charge < -0.3 is 26.0 Å². The van der Waals surface area contributed by atoms with Gasteiger partial charge in [0.1, 0.15) is 12.8 Å². The lowest BCUT2D eigenvalue weighted by atomic mass is 10.4. The van der Waals surface area contributed by atoms with Crippen LogP contribution in [0.3, 0.4) is 0 Å². The maximum Gasteiger partial charge on any atom is 0.224 e. The van der Waals surface area contributed by atoms with Crippen LogP contribution < -0.4 is 11.1 Å². The summed E-state index contributed by atoms with van der Waals surface area (Å²) in [6.07, 6.45) is 0.646. The van der Waals surface area contributed by atoms with Gasteiger partial charge in [-0.05, 0) is 0 Å². The van der Waals surface area contributed by atoms with E-state index < -0.39 is 6.10 Å². The van der Waals surface area contributed by atoms with Crippen molar-refractivity contribution in [1.82, 2.24) is 19.5 Å². The van der Waals surface area contributed by atoms with Crippen molar-refractivity contribution in [2.24, 2.45) is 0 Å². The Labute approximate surface area is 109 Å². The maximum atomic E-state index is 9.17. The third-order valence-electron chi connectivity index (χ3n) is 2.47. The highest BCUT2D eigenvalue weighted by Crippen LogP contribution is 2.19. The van der Waals surface area contributed by atoms with E-state index in [1.54, 1.807) is 17.9 Å². The predicted molar refractivity (Wildman–Crippen MR) is 68.3 cm³/mol. The fourth-order valence-electron chi connectivity index (χ4n) is 1.57. The Morgan fingerprint density at radius 3 is 3.00 bits per heavy atom. The second-order valence-corrected chi connectivity index (χ2v) is 3.90. The molecule has 0 aliphatic carbocycles. The lowest BCUT2D eigenvalue weighted by molar-refractivity contribution is -0.0163. The van der Waals surface area contributed by atoms with Crippen LogP contribution in [0.4, 0.5) is 11.8 Å². The average molecular weight is 268 g/mol. The van der Waals surface area contributed by atoms with Gasteiger partial charge in [0.15, 0.2) is 17.0 Å². The molecule has 0 aliphatic rings. The van der Waals surface area contributed by atoms with Crippen molar-refractivity contribution in [3.05, 3.63) is 6.33 Å². The zero-order valence-electron chi connectivity index (χ0n) is 10.4. The number of aliphatic hydroxyl groups is 2. The first-order chi connectivity index (χ1) is 9.15. The summed E-state index contributed by atoms with van der Waals surface area (Å²) in [4.78, 5) is 12.3. The zero-order chi connectivity index (χ0) is 13.8. The molecule has 2 aromatic rings. The van der Waals surface area contributed by atoms with Gasteiger partial charge in [-0.25, -0.2) is 4.98 Å². The highest BCUT2D eigenvalue weighted by atomic mass is 16.5. The number of fused-ring (bicyclic) bond motifs is 1. The van der Waals surface area contributed by atoms with Crippen molar-refractivity contribution in [3.8, 4) is 0 Å². The van der Waals surface area contributed by atoms with Crippen LogP contribution in [0.2, 0.25) is 0 Å². The number of hydrogen-bond acceptors (Lipinski definition) is 8. The predicted octanol–water partition coefficient (Wildman–Crippen LogP) is -1.22. The average Bonchev–Trinajstić information content (AvgIpc) is 2.80. The largest absolute Gasteiger partial charge is 0.394 e. The molecule has 9 heteroatoms. The molecule has 19 heavy (non-hydrogen) atoms. The summed E-state index contributed by atoms with van der Waals surface area (Å²) in [5, 5.41) is 20.7. The molecule has 0 aromatic carbocycles. The molecule has 1 unspecified atom stereocenters. The minimum Gasteiger partial charge on any atom is -0.394 e. The molecular weight excluding hydrogens is 252 g/mol. The van der Waals surface area contributed by atoms with E-state index in [1.165, 1.54) is 0 Å². The van der Waals surface area contributed by atoms with Gasteiger partial charge in [-0.2, -0.15) is 9.97 Å². The van der Waals surface area contributed by atoms with E-state index >= 15 is 0 Å². The lowest BCUT2D eigenvalue weighted by Gasteiger charge is -2.09. The smallest absolute Gasteiger partial charge is 0.224 e. The molecule has 2 aromatic heterocycles. The molecule has 104 valence electrons. The molecule has 0 saturated carbocycles. The number of ether oxygens (including phenoxy) is 1. The Hall–Kier alpha value is -1.97. The molecule has 0 saturated heterocycles. The monoisotopic (exact) mass is 268 g/mol. The highest BCUT2D eigenvalue weighted by molar-refractivity contribution is 5.83. The Bertz CT molecular complexity index is 557. The number of nitrogens with one attached hydrogen (secondary N) is 1. The van der Waals surface area contributed by atoms with E-state index in [2.05, 4.69) is 20.3 Å². The van der Waals surface area contributed by atoms with Gasteiger partial charge in [-0.3, -0.25) is 4.57 Å². The number of nitrogen functional groups attached to an aromatic ring is 1. The van der Waals surface area contributed by atoms with Crippen molar-refractivity contribution in [2.75, 3.05) is 31.3 Å². The lowest BCUT2D eigenvalue weighted by Crippen LogP contribution is -2.20. The first kappa shape index (κ1) is 13.5. The molecule has 1 atom stereocenters. The number of nitrogens with two attached hydrogens (primary N) is 1. The van der Waals surface area contributed by atoms with E-state index in [0.717, 1.165) is 0 Å². The third kappa shape index (κ3) is 2.89. The van der Waals surface area contributed by atoms with Gasteiger partial charge in [-0.15, -0.1) is 0 Å². The van der Waals surface area contributed by atoms with Crippen molar-refractivity contribution >= 4 is 22.9 Å². The molecule has 2 heterocycles. The van der Waals surface area contributed by atoms with Gasteiger partial charge in [0.25, 0.3) is 0 Å². The Morgan fingerprint density at radius 1 is 1.53 bits per heavy atom. The summed E-state index contributed by atoms with van der Waals surface area (Å²) >= 11 is 0. The van der Waals surface area contributed by atoms with Crippen molar-refractivity contribution in [1.29, 1.82) is 0 Å². The zero-order valence-corrected chi connectivity index (χ0v) is 10.4. The molecule has 0 amide bonds. The van der Waals surface area contributed by atoms with Gasteiger partial charge >= 0.3 is 0 Å². The van der Waals surface area contributed by atoms with Crippen LogP contribution >= 0.6 is 0 Å². The Morgan fingerprint density at radius 2 is 2.32 bits per heavy atom. The molecule has 0 fully saturated rings. The van der Waals surface area contributed by atoms with Gasteiger partial charge in [0, 0.05) is 7.05 Å². The summed E-state index contributed by atoms with van der Waals surface area (Å²) in [5.41, 5.74) is 6.73. The fraction of sp³-hybridized carbons (Fsp3) is 0.500. The fourth-order valence-corrected chi connectivity index (χ4v) is 1.57. The number of hydrogen-bond donors (Lipinski definition) is 4. The molecular formula is C10H16N6O3. The van der Waals surface area contributed by atoms with Crippen molar-refractivity contribution in [3.63, 3.8) is 0 Å². The maximum absolute atomic E-state index is 9.17. The second kappa shape index (κ2) is 5.78. The molecule has 0 aliphatic heterocycles. The summed E-state index contributed by atoms with van der Waals surface area (Å²) in [6, 6.07) is 0. The van der Waals surface area contributed by atoms with E-state index in [4.69, 9.17) is 15.6 Å². The van der Waals surface area contributed by atoms with E-state index in [-0.39, 0.29) is 25.9 Å². The van der Waals surface area contributed by atoms with Gasteiger partial charge in [0.2, 0.25) is 5.95 Å². The molecule has 0 bridgehead atoms. The van der Waals surface area contributed by atoms with E-state index in [1.807, 2.05) is 0 Å². The number of aromatic nitrogens is 4. The van der Waals surface area contributed by atoms with Gasteiger partial charge in [0.05, 0.1) is 19.5 Å². The number of aliphatic hydroxyl groups excluding tert-OH is 2. The molecule has 5 N–H and O–H groups in total. The molecule has 0 spiro atoms. The number of imidazole rings is 1.